The van der Waals surface area contributed by atoms with Gasteiger partial charge in [0.25, 0.3) is 0 Å². The molecule has 0 aliphatic carbocycles. The smallest absolute Gasteiger partial charge is 0.142 e. The lowest BCUT2D eigenvalue weighted by Crippen LogP contribution is -2.28. The molecule has 0 amide bonds. The van der Waals surface area contributed by atoms with Gasteiger partial charge in [-0.05, 0) is 49.9 Å². The van der Waals surface area contributed by atoms with Crippen molar-refractivity contribution in [3.05, 3.63) is 23.8 Å². The third-order valence-electron chi connectivity index (χ3n) is 4.10. The van der Waals surface area contributed by atoms with Crippen molar-refractivity contribution in [3.63, 3.8) is 0 Å². The first-order chi connectivity index (χ1) is 10.2. The Hall–Kier alpha value is -1.22. The van der Waals surface area contributed by atoms with Gasteiger partial charge in [-0.15, -0.1) is 0 Å². The second-order valence-electron chi connectivity index (χ2n) is 6.27. The predicted octanol–water partition coefficient (Wildman–Crippen LogP) is 3.61. The molecule has 1 saturated heterocycles. The van der Waals surface area contributed by atoms with Gasteiger partial charge in [0.05, 0.1) is 12.3 Å². The number of nitrogens with zero attached hydrogens (tertiary/aromatic N) is 1. The van der Waals surface area contributed by atoms with Crippen molar-refractivity contribution in [1.82, 2.24) is 5.32 Å². The van der Waals surface area contributed by atoms with Crippen molar-refractivity contribution in [2.24, 2.45) is 5.92 Å². The molecule has 118 valence electrons. The number of hydrogen-bond donors (Lipinski definition) is 1. The van der Waals surface area contributed by atoms with Crippen LogP contribution in [0.4, 0.5) is 5.69 Å². The second-order valence-corrected chi connectivity index (χ2v) is 6.27. The van der Waals surface area contributed by atoms with Crippen LogP contribution in [-0.4, -0.2) is 32.8 Å². The highest BCUT2D eigenvalue weighted by atomic mass is 16.5. The summed E-state index contributed by atoms with van der Waals surface area (Å²) < 4.78 is 6.14. The molecule has 1 aromatic rings. The normalized spacial score (nSPS) is 17.4. The molecule has 2 rings (SSSR count). The number of anilines is 1. The quantitative estimate of drug-likeness (QED) is 0.866. The molecule has 1 aliphatic rings. The van der Waals surface area contributed by atoms with Gasteiger partial charge in [0.1, 0.15) is 5.75 Å². The number of benzene rings is 1. The fourth-order valence-electron chi connectivity index (χ4n) is 2.89. The van der Waals surface area contributed by atoms with E-state index >= 15 is 0 Å². The number of hydrogen-bond acceptors (Lipinski definition) is 3. The monoisotopic (exact) mass is 290 g/mol. The highest BCUT2D eigenvalue weighted by molar-refractivity contribution is 5.60. The Morgan fingerprint density at radius 2 is 2.14 bits per heavy atom. The molecular formula is C18H30N2O. The molecule has 1 N–H and O–H groups in total. The van der Waals surface area contributed by atoms with Gasteiger partial charge in [0.2, 0.25) is 0 Å². The van der Waals surface area contributed by atoms with E-state index in [9.17, 15) is 0 Å². The molecule has 0 saturated carbocycles. The van der Waals surface area contributed by atoms with Crippen LogP contribution in [0.3, 0.4) is 0 Å². The van der Waals surface area contributed by atoms with E-state index < -0.39 is 0 Å². The summed E-state index contributed by atoms with van der Waals surface area (Å²) in [6.07, 6.45) is 3.65. The van der Waals surface area contributed by atoms with Crippen molar-refractivity contribution in [3.8, 4) is 5.75 Å². The zero-order valence-corrected chi connectivity index (χ0v) is 13.8. The maximum Gasteiger partial charge on any atom is 0.142 e. The number of nitrogens with one attached hydrogen (secondary N) is 1. The SMILES string of the molecule is CCCC(C)COc1ccc(C)cc1N1CCCNCC1. The van der Waals surface area contributed by atoms with E-state index in [1.54, 1.807) is 0 Å². The molecule has 1 atom stereocenters. The van der Waals surface area contributed by atoms with Crippen molar-refractivity contribution < 1.29 is 4.74 Å². The van der Waals surface area contributed by atoms with E-state index in [4.69, 9.17) is 4.74 Å². The van der Waals surface area contributed by atoms with Gasteiger partial charge in [-0.1, -0.05) is 26.3 Å². The lowest BCUT2D eigenvalue weighted by Gasteiger charge is -2.26. The van der Waals surface area contributed by atoms with Crippen molar-refractivity contribution in [2.75, 3.05) is 37.7 Å². The molecule has 3 nitrogen and oxygen atoms in total. The van der Waals surface area contributed by atoms with Gasteiger partial charge >= 0.3 is 0 Å². The second kappa shape index (κ2) is 8.28. The summed E-state index contributed by atoms with van der Waals surface area (Å²) in [7, 11) is 0. The van der Waals surface area contributed by atoms with Crippen LogP contribution in [0.25, 0.3) is 0 Å². The van der Waals surface area contributed by atoms with E-state index in [2.05, 4.69) is 49.2 Å². The van der Waals surface area contributed by atoms with Gasteiger partial charge in [-0.3, -0.25) is 0 Å². The van der Waals surface area contributed by atoms with Crippen molar-refractivity contribution in [1.29, 1.82) is 0 Å². The van der Waals surface area contributed by atoms with Gasteiger partial charge in [-0.2, -0.15) is 0 Å². The fourth-order valence-corrected chi connectivity index (χ4v) is 2.89. The van der Waals surface area contributed by atoms with Crippen LogP contribution in [0.15, 0.2) is 18.2 Å². The Bertz CT molecular complexity index is 425. The van der Waals surface area contributed by atoms with E-state index in [-0.39, 0.29) is 0 Å². The Morgan fingerprint density at radius 3 is 2.95 bits per heavy atom. The first-order valence-electron chi connectivity index (χ1n) is 8.39. The zero-order valence-electron chi connectivity index (χ0n) is 13.8. The molecule has 1 fully saturated rings. The summed E-state index contributed by atoms with van der Waals surface area (Å²) in [6, 6.07) is 6.56. The average Bonchev–Trinajstić information content (AvgIpc) is 2.75. The zero-order chi connectivity index (χ0) is 15.1. The summed E-state index contributed by atoms with van der Waals surface area (Å²) >= 11 is 0. The number of rotatable bonds is 6. The Morgan fingerprint density at radius 1 is 1.29 bits per heavy atom. The molecule has 1 unspecified atom stereocenters. The Kier molecular flexibility index (Phi) is 6.37. The summed E-state index contributed by atoms with van der Waals surface area (Å²) in [4.78, 5) is 2.47. The highest BCUT2D eigenvalue weighted by Crippen LogP contribution is 2.30. The fraction of sp³-hybridized carbons (Fsp3) is 0.667. The Balaban J connectivity index is 2.08. The minimum Gasteiger partial charge on any atom is -0.491 e. The standard InChI is InChI=1S/C18H30N2O/c1-4-6-16(3)14-21-18-8-7-15(2)13-17(18)20-11-5-9-19-10-12-20/h7-8,13,16,19H,4-6,9-12,14H2,1-3H3. The third kappa shape index (κ3) is 4.92. The van der Waals surface area contributed by atoms with Gasteiger partial charge in [0, 0.05) is 19.6 Å². The van der Waals surface area contributed by atoms with Gasteiger partial charge in [-0.25, -0.2) is 0 Å². The predicted molar refractivity (Wildman–Crippen MR) is 90.4 cm³/mol. The van der Waals surface area contributed by atoms with Crippen LogP contribution >= 0.6 is 0 Å². The van der Waals surface area contributed by atoms with E-state index in [0.29, 0.717) is 5.92 Å². The molecule has 21 heavy (non-hydrogen) atoms. The molecular weight excluding hydrogens is 260 g/mol. The average molecular weight is 290 g/mol. The van der Waals surface area contributed by atoms with Crippen LogP contribution in [0.2, 0.25) is 0 Å². The molecule has 0 spiro atoms. The van der Waals surface area contributed by atoms with E-state index in [1.165, 1.54) is 30.5 Å². The molecule has 0 radical (unpaired) electrons. The number of aryl methyl sites for hydroxylation is 1. The summed E-state index contributed by atoms with van der Waals surface area (Å²) in [5, 5.41) is 3.47. The minimum atomic E-state index is 0.620. The molecule has 1 aromatic carbocycles. The summed E-state index contributed by atoms with van der Waals surface area (Å²) in [5.74, 6) is 1.67. The van der Waals surface area contributed by atoms with Crippen LogP contribution in [-0.2, 0) is 0 Å². The molecule has 1 aliphatic heterocycles. The largest absolute Gasteiger partial charge is 0.491 e. The van der Waals surface area contributed by atoms with Crippen LogP contribution < -0.4 is 15.0 Å². The number of ether oxygens (including phenoxy) is 1. The minimum absolute atomic E-state index is 0.620. The maximum atomic E-state index is 6.14. The van der Waals surface area contributed by atoms with Crippen molar-refractivity contribution in [2.45, 2.75) is 40.0 Å². The molecule has 1 heterocycles. The molecule has 3 heteroatoms. The summed E-state index contributed by atoms with van der Waals surface area (Å²) in [6.45, 7) is 11.8. The van der Waals surface area contributed by atoms with Gasteiger partial charge in [0.15, 0.2) is 0 Å². The molecule has 0 bridgehead atoms. The van der Waals surface area contributed by atoms with E-state index in [1.807, 2.05) is 0 Å². The summed E-state index contributed by atoms with van der Waals surface area (Å²) in [5.41, 5.74) is 2.57. The lowest BCUT2D eigenvalue weighted by molar-refractivity contribution is 0.252. The first kappa shape index (κ1) is 16.2. The van der Waals surface area contributed by atoms with E-state index in [0.717, 1.165) is 38.5 Å². The topological polar surface area (TPSA) is 24.5 Å². The third-order valence-corrected chi connectivity index (χ3v) is 4.10. The molecule has 0 aromatic heterocycles. The highest BCUT2D eigenvalue weighted by Gasteiger charge is 2.15. The van der Waals surface area contributed by atoms with Crippen molar-refractivity contribution >= 4 is 5.69 Å². The van der Waals surface area contributed by atoms with Crippen LogP contribution in [0.5, 0.6) is 5.75 Å². The van der Waals surface area contributed by atoms with Crippen LogP contribution in [0.1, 0.15) is 38.7 Å². The van der Waals surface area contributed by atoms with Crippen LogP contribution in [0, 0.1) is 12.8 Å². The van der Waals surface area contributed by atoms with Gasteiger partial charge < -0.3 is 15.0 Å². The lowest BCUT2D eigenvalue weighted by atomic mass is 10.1. The Labute approximate surface area is 129 Å². The first-order valence-corrected chi connectivity index (χ1v) is 8.39. The maximum absolute atomic E-state index is 6.14.